The van der Waals surface area contributed by atoms with E-state index in [4.69, 9.17) is 9.26 Å². The summed E-state index contributed by atoms with van der Waals surface area (Å²) in [5.41, 5.74) is 7.90. The summed E-state index contributed by atoms with van der Waals surface area (Å²) in [4.78, 5) is 46.5. The third-order valence-electron chi connectivity index (χ3n) is 6.87. The molecule has 38 heavy (non-hydrogen) atoms. The molecule has 0 spiro atoms. The summed E-state index contributed by atoms with van der Waals surface area (Å²) in [7, 11) is -1.58. The molecule has 3 atom stereocenters. The van der Waals surface area contributed by atoms with Gasteiger partial charge in [0.05, 0.1) is 6.04 Å². The minimum absolute atomic E-state index is 0.00784. The molecule has 10 heteroatoms. The highest BCUT2D eigenvalue weighted by atomic mass is 28.3. The molecule has 2 saturated heterocycles. The summed E-state index contributed by atoms with van der Waals surface area (Å²) >= 11 is 0. The summed E-state index contributed by atoms with van der Waals surface area (Å²) < 4.78 is 6.03. The Morgan fingerprint density at radius 3 is 2.34 bits per heavy atom. The van der Waals surface area contributed by atoms with Crippen LogP contribution in [0.4, 0.5) is 4.79 Å². The predicted molar refractivity (Wildman–Crippen MR) is 146 cm³/mol. The van der Waals surface area contributed by atoms with E-state index in [0.29, 0.717) is 19.4 Å². The Balaban J connectivity index is 1.35. The number of urea groups is 1. The van der Waals surface area contributed by atoms with Gasteiger partial charge in [-0.05, 0) is 48.0 Å². The highest BCUT2D eigenvalue weighted by Gasteiger charge is 2.48. The number of hydrogen-bond donors (Lipinski definition) is 2. The van der Waals surface area contributed by atoms with Gasteiger partial charge in [-0.3, -0.25) is 25.3 Å². The number of amides is 4. The molecule has 2 aromatic carbocycles. The van der Waals surface area contributed by atoms with Crippen LogP contribution in [0.15, 0.2) is 54.6 Å². The van der Waals surface area contributed by atoms with Gasteiger partial charge in [0, 0.05) is 6.54 Å². The van der Waals surface area contributed by atoms with Crippen molar-refractivity contribution in [3.05, 3.63) is 71.3 Å². The number of fused-ring (bicyclic) bond motifs is 2. The van der Waals surface area contributed by atoms with Gasteiger partial charge in [0.2, 0.25) is 0 Å². The molecule has 2 bridgehead atoms. The second-order valence-electron chi connectivity index (χ2n) is 11.2. The van der Waals surface area contributed by atoms with E-state index in [1.54, 1.807) is 0 Å². The van der Waals surface area contributed by atoms with Crippen molar-refractivity contribution in [3.8, 4) is 0 Å². The summed E-state index contributed by atoms with van der Waals surface area (Å²) in [6.45, 7) is 11.1. The van der Waals surface area contributed by atoms with Crippen LogP contribution in [0, 0.1) is 0 Å². The fourth-order valence-electron chi connectivity index (χ4n) is 4.78. The molecule has 0 aromatic heterocycles. The summed E-state index contributed by atoms with van der Waals surface area (Å²) in [5, 5.41) is 1.39. The van der Waals surface area contributed by atoms with Gasteiger partial charge in [0.1, 0.15) is 12.6 Å². The molecule has 204 valence electrons. The molecule has 4 rings (SSSR count). The van der Waals surface area contributed by atoms with Gasteiger partial charge < -0.3 is 9.33 Å². The van der Waals surface area contributed by atoms with Crippen LogP contribution in [0.25, 0.3) is 0 Å². The standard InChI is InChI=1S/C28H38N4O5Si/c1-28(2,3)21-13-11-20(12-14-21)24(37-38(4)5)26(34)30-29-25(33)23-16-15-22-17-31(23)27(35)32(22)36-18-19-9-7-6-8-10-19/h6-14,22-24,38H,15-18H2,1-5H3,(H,29,33)(H,30,34)/t22-,23+,24?/m1/s1. The van der Waals surface area contributed by atoms with Gasteiger partial charge in [-0.15, -0.1) is 0 Å². The number of nitrogens with one attached hydrogen (secondary N) is 2. The first-order valence-corrected chi connectivity index (χ1v) is 15.9. The Morgan fingerprint density at radius 2 is 1.71 bits per heavy atom. The Kier molecular flexibility index (Phi) is 8.54. The molecule has 1 unspecified atom stereocenters. The van der Waals surface area contributed by atoms with Crippen molar-refractivity contribution in [2.75, 3.05) is 6.54 Å². The van der Waals surface area contributed by atoms with E-state index >= 15 is 0 Å². The molecule has 2 aliphatic rings. The van der Waals surface area contributed by atoms with Crippen LogP contribution in [-0.2, 0) is 30.9 Å². The van der Waals surface area contributed by atoms with E-state index in [1.807, 2.05) is 67.7 Å². The Hall–Kier alpha value is -3.21. The van der Waals surface area contributed by atoms with Crippen LogP contribution in [-0.4, -0.2) is 55.5 Å². The smallest absolute Gasteiger partial charge is 0.345 e. The average Bonchev–Trinajstić information content (AvgIpc) is 3.13. The van der Waals surface area contributed by atoms with Crippen LogP contribution >= 0.6 is 0 Å². The summed E-state index contributed by atoms with van der Waals surface area (Å²) in [5.74, 6) is -0.879. The van der Waals surface area contributed by atoms with Crippen LogP contribution in [0.3, 0.4) is 0 Å². The van der Waals surface area contributed by atoms with E-state index in [-0.39, 0.29) is 24.1 Å². The van der Waals surface area contributed by atoms with Crippen LogP contribution in [0.5, 0.6) is 0 Å². The number of hydrazine groups is 1. The van der Waals surface area contributed by atoms with Gasteiger partial charge in [-0.25, -0.2) is 4.79 Å². The average molecular weight is 539 g/mol. The zero-order chi connectivity index (χ0) is 27.4. The molecular formula is C28H38N4O5Si. The van der Waals surface area contributed by atoms with Crippen LogP contribution < -0.4 is 10.9 Å². The van der Waals surface area contributed by atoms with Crippen molar-refractivity contribution in [3.63, 3.8) is 0 Å². The number of carbonyl (C=O) groups excluding carboxylic acids is 3. The zero-order valence-corrected chi connectivity index (χ0v) is 23.9. The largest absolute Gasteiger partial charge is 0.405 e. The van der Waals surface area contributed by atoms with Crippen molar-refractivity contribution >= 4 is 26.9 Å². The third-order valence-corrected chi connectivity index (χ3v) is 7.69. The first-order chi connectivity index (χ1) is 18.0. The Labute approximate surface area is 226 Å². The Bertz CT molecular complexity index is 1140. The first kappa shape index (κ1) is 27.8. The molecule has 2 N–H and O–H groups in total. The highest BCUT2D eigenvalue weighted by Crippen LogP contribution is 2.31. The number of benzene rings is 2. The van der Waals surface area contributed by atoms with E-state index in [0.717, 1.165) is 16.7 Å². The normalized spacial score (nSPS) is 20.0. The summed E-state index contributed by atoms with van der Waals surface area (Å²) in [6.07, 6.45) is 0.284. The van der Waals surface area contributed by atoms with Gasteiger partial charge in [0.15, 0.2) is 15.1 Å². The molecule has 2 aromatic rings. The number of carbonyl (C=O) groups is 3. The van der Waals surface area contributed by atoms with Gasteiger partial charge >= 0.3 is 6.03 Å². The van der Waals surface area contributed by atoms with E-state index in [9.17, 15) is 14.4 Å². The van der Waals surface area contributed by atoms with Crippen molar-refractivity contribution in [1.82, 2.24) is 20.8 Å². The molecule has 2 fully saturated rings. The van der Waals surface area contributed by atoms with Crippen molar-refractivity contribution in [1.29, 1.82) is 0 Å². The van der Waals surface area contributed by atoms with Crippen LogP contribution in [0.2, 0.25) is 13.1 Å². The maximum atomic E-state index is 13.1. The van der Waals surface area contributed by atoms with Gasteiger partial charge in [-0.1, -0.05) is 75.4 Å². The molecule has 9 nitrogen and oxygen atoms in total. The minimum Gasteiger partial charge on any atom is -0.405 e. The van der Waals surface area contributed by atoms with E-state index in [2.05, 4.69) is 31.6 Å². The Morgan fingerprint density at radius 1 is 1.03 bits per heavy atom. The van der Waals surface area contributed by atoms with Crippen LogP contribution in [0.1, 0.15) is 56.4 Å². The number of hydrogen-bond acceptors (Lipinski definition) is 5. The van der Waals surface area contributed by atoms with Crippen molar-refractivity contribution in [2.45, 2.75) is 76.9 Å². The lowest BCUT2D eigenvalue weighted by Gasteiger charge is -2.29. The van der Waals surface area contributed by atoms with Crippen molar-refractivity contribution < 1.29 is 23.6 Å². The van der Waals surface area contributed by atoms with E-state index < -0.39 is 33.0 Å². The lowest BCUT2D eigenvalue weighted by molar-refractivity contribution is -0.140. The molecule has 0 aliphatic carbocycles. The number of piperidine rings is 1. The molecule has 4 amide bonds. The second-order valence-corrected chi connectivity index (χ2v) is 13.6. The quantitative estimate of drug-likeness (QED) is 0.395. The fourth-order valence-corrected chi connectivity index (χ4v) is 5.61. The maximum Gasteiger partial charge on any atom is 0.345 e. The van der Waals surface area contributed by atoms with Crippen molar-refractivity contribution in [2.24, 2.45) is 0 Å². The fraction of sp³-hybridized carbons (Fsp3) is 0.464. The van der Waals surface area contributed by atoms with Gasteiger partial charge in [-0.2, -0.15) is 5.06 Å². The summed E-state index contributed by atoms with van der Waals surface area (Å²) in [6, 6.07) is 16.3. The minimum atomic E-state index is -1.58. The molecule has 2 heterocycles. The third kappa shape index (κ3) is 6.43. The lowest BCUT2D eigenvalue weighted by atomic mass is 9.86. The topological polar surface area (TPSA) is 100 Å². The first-order valence-electron chi connectivity index (χ1n) is 13.2. The second kappa shape index (κ2) is 11.7. The molecule has 2 aliphatic heterocycles. The number of rotatable bonds is 8. The molecule has 0 saturated carbocycles. The predicted octanol–water partition coefficient (Wildman–Crippen LogP) is 3.57. The molecular weight excluding hydrogens is 500 g/mol. The number of hydroxylamine groups is 2. The SMILES string of the molecule is C[SiH](C)OC(C(=O)NNC(=O)[C@@H]1CC[C@@H]2CN1C(=O)N2OCc1ccccc1)c1ccc(C(C)(C)C)cc1. The highest BCUT2D eigenvalue weighted by molar-refractivity contribution is 6.48. The molecule has 0 radical (unpaired) electrons. The zero-order valence-electron chi connectivity index (χ0n) is 22.8. The van der Waals surface area contributed by atoms with Gasteiger partial charge in [0.25, 0.3) is 11.8 Å². The number of nitrogens with zero attached hydrogens (tertiary/aromatic N) is 2. The van der Waals surface area contributed by atoms with E-state index in [1.165, 1.54) is 9.96 Å². The monoisotopic (exact) mass is 538 g/mol. The maximum absolute atomic E-state index is 13.1. The lowest BCUT2D eigenvalue weighted by Crippen LogP contribution is -2.55.